The summed E-state index contributed by atoms with van der Waals surface area (Å²) in [5, 5.41) is 0. The van der Waals surface area contributed by atoms with Crippen LogP contribution < -0.4 is 4.74 Å². The number of furan rings is 1. The Bertz CT molecular complexity index is 690. The average Bonchev–Trinajstić information content (AvgIpc) is 2.94. The second-order valence-electron chi connectivity index (χ2n) is 3.64. The average molecular weight is 308 g/mol. The SMILES string of the molecule is CCOc1ccc2[nH]c(-c3ccc(Br)o3)nc2n1. The highest BCUT2D eigenvalue weighted by molar-refractivity contribution is 9.10. The van der Waals surface area contributed by atoms with E-state index in [1.807, 2.05) is 31.2 Å². The number of imidazole rings is 1. The van der Waals surface area contributed by atoms with Crippen molar-refractivity contribution >= 4 is 27.1 Å². The van der Waals surface area contributed by atoms with Gasteiger partial charge in [0.1, 0.15) is 0 Å². The van der Waals surface area contributed by atoms with E-state index in [1.54, 1.807) is 0 Å². The monoisotopic (exact) mass is 307 g/mol. The first kappa shape index (κ1) is 11.3. The van der Waals surface area contributed by atoms with Gasteiger partial charge in [-0.2, -0.15) is 4.98 Å². The molecule has 1 N–H and O–H groups in total. The number of nitrogens with one attached hydrogen (secondary N) is 1. The highest BCUT2D eigenvalue weighted by atomic mass is 79.9. The topological polar surface area (TPSA) is 63.9 Å². The van der Waals surface area contributed by atoms with Crippen LogP contribution in [0.3, 0.4) is 0 Å². The van der Waals surface area contributed by atoms with E-state index < -0.39 is 0 Å². The van der Waals surface area contributed by atoms with Gasteiger partial charge < -0.3 is 14.1 Å². The maximum absolute atomic E-state index is 5.44. The molecule has 0 aliphatic heterocycles. The van der Waals surface area contributed by atoms with Gasteiger partial charge in [-0.25, -0.2) is 4.98 Å². The van der Waals surface area contributed by atoms with E-state index in [4.69, 9.17) is 9.15 Å². The minimum atomic E-state index is 0.573. The molecule has 5 nitrogen and oxygen atoms in total. The van der Waals surface area contributed by atoms with E-state index in [0.717, 1.165) is 5.52 Å². The molecule has 0 bridgehead atoms. The molecule has 0 unspecified atom stereocenters. The number of aromatic amines is 1. The van der Waals surface area contributed by atoms with Crippen LogP contribution >= 0.6 is 15.9 Å². The number of rotatable bonds is 3. The molecular weight excluding hydrogens is 298 g/mol. The third-order valence-corrected chi connectivity index (χ3v) is 2.85. The molecule has 3 aromatic heterocycles. The van der Waals surface area contributed by atoms with Gasteiger partial charge >= 0.3 is 0 Å². The van der Waals surface area contributed by atoms with Crippen LogP contribution in [0.2, 0.25) is 0 Å². The number of nitrogens with zero attached hydrogens (tertiary/aromatic N) is 2. The molecule has 0 amide bonds. The van der Waals surface area contributed by atoms with Gasteiger partial charge in [-0.3, -0.25) is 0 Å². The minimum absolute atomic E-state index is 0.573. The molecule has 3 rings (SSSR count). The number of H-pyrrole nitrogens is 1. The van der Waals surface area contributed by atoms with E-state index in [9.17, 15) is 0 Å². The number of hydrogen-bond donors (Lipinski definition) is 1. The van der Waals surface area contributed by atoms with Gasteiger partial charge in [0.15, 0.2) is 21.9 Å². The van der Waals surface area contributed by atoms with Crippen molar-refractivity contribution in [3.63, 3.8) is 0 Å². The van der Waals surface area contributed by atoms with Crippen molar-refractivity contribution in [3.05, 3.63) is 28.9 Å². The largest absolute Gasteiger partial charge is 0.478 e. The first-order valence-corrected chi connectivity index (χ1v) is 6.31. The summed E-state index contributed by atoms with van der Waals surface area (Å²) in [4.78, 5) is 11.8. The molecule has 0 saturated carbocycles. The van der Waals surface area contributed by atoms with E-state index in [0.29, 0.717) is 34.4 Å². The molecule has 0 saturated heterocycles. The van der Waals surface area contributed by atoms with Gasteiger partial charge in [0, 0.05) is 6.07 Å². The second kappa shape index (κ2) is 4.45. The van der Waals surface area contributed by atoms with Crippen molar-refractivity contribution < 1.29 is 9.15 Å². The number of halogens is 1. The van der Waals surface area contributed by atoms with E-state index in [1.165, 1.54) is 0 Å². The molecule has 0 fully saturated rings. The highest BCUT2D eigenvalue weighted by Gasteiger charge is 2.10. The van der Waals surface area contributed by atoms with Gasteiger partial charge in [0.05, 0.1) is 12.1 Å². The zero-order valence-electron chi connectivity index (χ0n) is 9.61. The normalized spacial score (nSPS) is 11.0. The molecule has 0 radical (unpaired) electrons. The van der Waals surface area contributed by atoms with Crippen LogP contribution in [-0.4, -0.2) is 21.6 Å². The third-order valence-electron chi connectivity index (χ3n) is 2.42. The fourth-order valence-electron chi connectivity index (χ4n) is 1.66. The Morgan fingerprint density at radius 1 is 1.28 bits per heavy atom. The summed E-state index contributed by atoms with van der Waals surface area (Å²) in [6.45, 7) is 2.50. The molecule has 0 aromatic carbocycles. The number of fused-ring (bicyclic) bond motifs is 1. The van der Waals surface area contributed by atoms with Crippen molar-refractivity contribution in [2.24, 2.45) is 0 Å². The lowest BCUT2D eigenvalue weighted by Crippen LogP contribution is -1.93. The zero-order valence-corrected chi connectivity index (χ0v) is 11.2. The van der Waals surface area contributed by atoms with Crippen LogP contribution in [0.4, 0.5) is 0 Å². The fraction of sp³-hybridized carbons (Fsp3) is 0.167. The summed E-state index contributed by atoms with van der Waals surface area (Å²) in [6, 6.07) is 7.36. The summed E-state index contributed by atoms with van der Waals surface area (Å²) in [5.41, 5.74) is 1.46. The Balaban J connectivity index is 2.05. The molecule has 3 heterocycles. The Hall–Kier alpha value is -1.82. The zero-order chi connectivity index (χ0) is 12.5. The maximum atomic E-state index is 5.44. The van der Waals surface area contributed by atoms with Gasteiger partial charge in [-0.05, 0) is 41.1 Å². The first-order valence-electron chi connectivity index (χ1n) is 5.51. The second-order valence-corrected chi connectivity index (χ2v) is 4.42. The van der Waals surface area contributed by atoms with Crippen LogP contribution in [0.1, 0.15) is 6.92 Å². The number of pyridine rings is 1. The Labute approximate surface area is 111 Å². The van der Waals surface area contributed by atoms with Gasteiger partial charge in [0.25, 0.3) is 0 Å². The van der Waals surface area contributed by atoms with E-state index in [2.05, 4.69) is 30.9 Å². The molecule has 0 aliphatic rings. The first-order chi connectivity index (χ1) is 8.76. The third kappa shape index (κ3) is 1.99. The highest BCUT2D eigenvalue weighted by Crippen LogP contribution is 2.25. The van der Waals surface area contributed by atoms with Gasteiger partial charge in [0.2, 0.25) is 5.88 Å². The molecule has 0 spiro atoms. The summed E-state index contributed by atoms with van der Waals surface area (Å²) in [7, 11) is 0. The van der Waals surface area contributed by atoms with Gasteiger partial charge in [-0.1, -0.05) is 0 Å². The van der Waals surface area contributed by atoms with Crippen molar-refractivity contribution in [2.75, 3.05) is 6.61 Å². The summed E-state index contributed by atoms with van der Waals surface area (Å²) in [5.74, 6) is 1.89. The van der Waals surface area contributed by atoms with E-state index in [-0.39, 0.29) is 0 Å². The fourth-order valence-corrected chi connectivity index (χ4v) is 1.97. The summed E-state index contributed by atoms with van der Waals surface area (Å²) in [6.07, 6.45) is 0. The molecule has 0 atom stereocenters. The van der Waals surface area contributed by atoms with Crippen LogP contribution in [-0.2, 0) is 0 Å². The Morgan fingerprint density at radius 2 is 2.17 bits per heavy atom. The van der Waals surface area contributed by atoms with Crippen LogP contribution in [0.15, 0.2) is 33.4 Å². The Morgan fingerprint density at radius 3 is 2.89 bits per heavy atom. The standard InChI is InChI=1S/C12H10BrN3O2/c1-2-17-10-6-3-7-11(15-10)16-12(14-7)8-4-5-9(13)18-8/h3-6H,2H2,1H3,(H,14,15,16). The quantitative estimate of drug-likeness (QED) is 0.805. The predicted octanol–water partition coefficient (Wildman–Crippen LogP) is 3.38. The van der Waals surface area contributed by atoms with Crippen LogP contribution in [0.5, 0.6) is 5.88 Å². The predicted molar refractivity (Wildman–Crippen MR) is 70.5 cm³/mol. The number of hydrogen-bond acceptors (Lipinski definition) is 4. The maximum Gasteiger partial charge on any atom is 0.215 e. The minimum Gasteiger partial charge on any atom is -0.478 e. The smallest absolute Gasteiger partial charge is 0.215 e. The van der Waals surface area contributed by atoms with Crippen molar-refractivity contribution in [2.45, 2.75) is 6.92 Å². The lowest BCUT2D eigenvalue weighted by molar-refractivity contribution is 0.328. The number of ether oxygens (including phenoxy) is 1. The molecular formula is C12H10BrN3O2. The Kier molecular flexibility index (Phi) is 2.79. The van der Waals surface area contributed by atoms with E-state index >= 15 is 0 Å². The van der Waals surface area contributed by atoms with Crippen molar-refractivity contribution in [3.8, 4) is 17.5 Å². The summed E-state index contributed by atoms with van der Waals surface area (Å²) < 4.78 is 11.4. The lowest BCUT2D eigenvalue weighted by Gasteiger charge is -1.99. The van der Waals surface area contributed by atoms with Crippen molar-refractivity contribution in [1.29, 1.82) is 0 Å². The molecule has 3 aromatic rings. The molecule has 6 heteroatoms. The van der Waals surface area contributed by atoms with Crippen LogP contribution in [0.25, 0.3) is 22.7 Å². The number of aromatic nitrogens is 3. The summed E-state index contributed by atoms with van der Waals surface area (Å²) >= 11 is 3.26. The molecule has 0 aliphatic carbocycles. The van der Waals surface area contributed by atoms with Gasteiger partial charge in [-0.15, -0.1) is 0 Å². The molecule has 92 valence electrons. The molecule has 18 heavy (non-hydrogen) atoms. The lowest BCUT2D eigenvalue weighted by atomic mass is 10.4. The van der Waals surface area contributed by atoms with Crippen LogP contribution in [0, 0.1) is 0 Å². The van der Waals surface area contributed by atoms with Crippen molar-refractivity contribution in [1.82, 2.24) is 15.0 Å².